The van der Waals surface area contributed by atoms with E-state index in [0.717, 1.165) is 44.0 Å². The van der Waals surface area contributed by atoms with Crippen molar-refractivity contribution in [2.24, 2.45) is 0 Å². The van der Waals surface area contributed by atoms with E-state index in [2.05, 4.69) is 51.1 Å². The number of rotatable bonds is 8. The summed E-state index contributed by atoms with van der Waals surface area (Å²) in [5, 5.41) is 0. The quantitative estimate of drug-likeness (QED) is 0.669. The van der Waals surface area contributed by atoms with Gasteiger partial charge in [0.25, 0.3) is 0 Å². The summed E-state index contributed by atoms with van der Waals surface area (Å²) >= 11 is 0. The number of nitrogens with zero attached hydrogens (tertiary/aromatic N) is 4. The normalized spacial score (nSPS) is 15.1. The monoisotopic (exact) mass is 410 g/mol. The summed E-state index contributed by atoms with van der Waals surface area (Å²) in [6.45, 7) is 5.74. The van der Waals surface area contributed by atoms with Crippen molar-refractivity contribution in [3.63, 3.8) is 0 Å². The van der Waals surface area contributed by atoms with Crippen molar-refractivity contribution < 1.29 is 9.53 Å². The molecule has 30 heavy (non-hydrogen) atoms. The predicted molar refractivity (Wildman–Crippen MR) is 122 cm³/mol. The molecule has 3 rings (SSSR count). The first-order valence-corrected chi connectivity index (χ1v) is 10.5. The van der Waals surface area contributed by atoms with E-state index < -0.39 is 0 Å². The number of amides is 1. The number of likely N-dealkylation sites (N-methyl/N-ethyl adjacent to an activating group) is 1. The Morgan fingerprint density at radius 3 is 2.20 bits per heavy atom. The van der Waals surface area contributed by atoms with Gasteiger partial charge in [0, 0.05) is 71.7 Å². The maximum Gasteiger partial charge on any atom is 0.236 e. The van der Waals surface area contributed by atoms with Crippen molar-refractivity contribution >= 4 is 11.6 Å². The van der Waals surface area contributed by atoms with Crippen LogP contribution in [0.25, 0.3) is 0 Å². The highest BCUT2D eigenvalue weighted by atomic mass is 16.5. The van der Waals surface area contributed by atoms with Crippen LogP contribution in [0.3, 0.4) is 0 Å². The molecule has 0 spiro atoms. The summed E-state index contributed by atoms with van der Waals surface area (Å²) < 4.78 is 5.46. The lowest BCUT2D eigenvalue weighted by molar-refractivity contribution is -0.132. The van der Waals surface area contributed by atoms with Crippen molar-refractivity contribution in [1.29, 1.82) is 0 Å². The van der Waals surface area contributed by atoms with Crippen molar-refractivity contribution in [1.82, 2.24) is 14.7 Å². The van der Waals surface area contributed by atoms with Gasteiger partial charge in [-0.25, -0.2) is 0 Å². The molecule has 162 valence electrons. The maximum atomic E-state index is 12.7. The van der Waals surface area contributed by atoms with Crippen LogP contribution in [0, 0.1) is 0 Å². The van der Waals surface area contributed by atoms with E-state index in [1.54, 1.807) is 7.11 Å². The van der Waals surface area contributed by atoms with Crippen LogP contribution in [0.4, 0.5) is 5.69 Å². The van der Waals surface area contributed by atoms with Crippen LogP contribution in [-0.2, 0) is 17.9 Å². The molecule has 0 radical (unpaired) electrons. The number of carbonyl (C=O) groups is 1. The Morgan fingerprint density at radius 2 is 1.57 bits per heavy atom. The van der Waals surface area contributed by atoms with Crippen LogP contribution in [-0.4, -0.2) is 81.6 Å². The number of anilines is 1. The van der Waals surface area contributed by atoms with Gasteiger partial charge in [-0.1, -0.05) is 30.3 Å². The molecule has 2 aromatic rings. The number of methoxy groups -OCH3 is 1. The fraction of sp³-hybridized carbons (Fsp3) is 0.458. The van der Waals surface area contributed by atoms with E-state index in [1.807, 2.05) is 38.2 Å². The van der Waals surface area contributed by atoms with Crippen LogP contribution in [0.1, 0.15) is 11.1 Å². The Bertz CT molecular complexity index is 814. The van der Waals surface area contributed by atoms with Gasteiger partial charge in [-0.3, -0.25) is 14.6 Å². The summed E-state index contributed by atoms with van der Waals surface area (Å²) in [7, 11) is 7.66. The summed E-state index contributed by atoms with van der Waals surface area (Å²) in [5.74, 6) is 1.11. The summed E-state index contributed by atoms with van der Waals surface area (Å²) in [5.41, 5.74) is 3.53. The third-order valence-electron chi connectivity index (χ3n) is 5.71. The zero-order valence-corrected chi connectivity index (χ0v) is 18.7. The van der Waals surface area contributed by atoms with Gasteiger partial charge < -0.3 is 14.5 Å². The third-order valence-corrected chi connectivity index (χ3v) is 5.71. The molecule has 0 saturated carbocycles. The van der Waals surface area contributed by atoms with Crippen LogP contribution in [0.5, 0.6) is 5.75 Å². The number of ether oxygens (including phenoxy) is 1. The first kappa shape index (κ1) is 22.1. The first-order valence-electron chi connectivity index (χ1n) is 10.5. The zero-order chi connectivity index (χ0) is 21.5. The van der Waals surface area contributed by atoms with E-state index in [1.165, 1.54) is 11.3 Å². The van der Waals surface area contributed by atoms with Gasteiger partial charge in [0.2, 0.25) is 5.91 Å². The molecule has 0 N–H and O–H groups in total. The van der Waals surface area contributed by atoms with Gasteiger partial charge in [0.15, 0.2) is 0 Å². The Morgan fingerprint density at radius 1 is 0.933 bits per heavy atom. The molecule has 1 heterocycles. The van der Waals surface area contributed by atoms with E-state index in [0.29, 0.717) is 13.1 Å². The minimum atomic E-state index is 0.171. The maximum absolute atomic E-state index is 12.7. The molecule has 6 nitrogen and oxygen atoms in total. The second-order valence-electron chi connectivity index (χ2n) is 8.17. The molecule has 0 aromatic heterocycles. The molecule has 6 heteroatoms. The van der Waals surface area contributed by atoms with E-state index >= 15 is 0 Å². The first-order chi connectivity index (χ1) is 14.5. The van der Waals surface area contributed by atoms with Crippen molar-refractivity contribution in [3.8, 4) is 5.75 Å². The van der Waals surface area contributed by atoms with E-state index in [-0.39, 0.29) is 5.91 Å². The second-order valence-corrected chi connectivity index (χ2v) is 8.17. The lowest BCUT2D eigenvalue weighted by atomic mass is 10.1. The zero-order valence-electron chi connectivity index (χ0n) is 18.7. The topological polar surface area (TPSA) is 39.3 Å². The smallest absolute Gasteiger partial charge is 0.236 e. The summed E-state index contributed by atoms with van der Waals surface area (Å²) in [6, 6.07) is 16.5. The van der Waals surface area contributed by atoms with Gasteiger partial charge in [0.05, 0.1) is 13.7 Å². The predicted octanol–water partition coefficient (Wildman–Crippen LogP) is 2.54. The number of hydrogen-bond acceptors (Lipinski definition) is 5. The van der Waals surface area contributed by atoms with Crippen LogP contribution < -0.4 is 9.64 Å². The molecule has 1 saturated heterocycles. The molecule has 0 atom stereocenters. The molecule has 0 bridgehead atoms. The Kier molecular flexibility index (Phi) is 7.71. The second kappa shape index (κ2) is 10.5. The van der Waals surface area contributed by atoms with Crippen molar-refractivity contribution in [3.05, 3.63) is 59.7 Å². The Labute approximate surface area is 180 Å². The average Bonchev–Trinajstić information content (AvgIpc) is 2.75. The molecule has 1 fully saturated rings. The van der Waals surface area contributed by atoms with Gasteiger partial charge in [-0.2, -0.15) is 0 Å². The standard InChI is InChI=1S/C24H34N4O2/c1-25(2)22-11-9-20(10-12-22)17-26(3)24(29)19-28-15-13-27(14-16-28)18-21-7-5-6-8-23(21)30-4/h5-12H,13-19H2,1-4H3. The molecule has 2 aromatic carbocycles. The molecular formula is C24H34N4O2. The van der Waals surface area contributed by atoms with Crippen LogP contribution >= 0.6 is 0 Å². The summed E-state index contributed by atoms with van der Waals surface area (Å²) in [6.07, 6.45) is 0. The molecule has 0 aliphatic carbocycles. The highest BCUT2D eigenvalue weighted by molar-refractivity contribution is 5.78. The van der Waals surface area contributed by atoms with Crippen molar-refractivity contribution in [2.45, 2.75) is 13.1 Å². The molecule has 1 aliphatic heterocycles. The van der Waals surface area contributed by atoms with Gasteiger partial charge in [0.1, 0.15) is 5.75 Å². The number of para-hydroxylation sites is 1. The van der Waals surface area contributed by atoms with Gasteiger partial charge in [-0.15, -0.1) is 0 Å². The Balaban J connectivity index is 1.44. The minimum Gasteiger partial charge on any atom is -0.496 e. The third kappa shape index (κ3) is 5.97. The largest absolute Gasteiger partial charge is 0.496 e. The van der Waals surface area contributed by atoms with Gasteiger partial charge in [-0.05, 0) is 23.8 Å². The lowest BCUT2D eigenvalue weighted by Crippen LogP contribution is -2.49. The molecule has 0 unspecified atom stereocenters. The highest BCUT2D eigenvalue weighted by Crippen LogP contribution is 2.20. The number of hydrogen-bond donors (Lipinski definition) is 0. The Hall–Kier alpha value is -2.57. The fourth-order valence-corrected chi connectivity index (χ4v) is 3.75. The molecule has 1 amide bonds. The van der Waals surface area contributed by atoms with Gasteiger partial charge >= 0.3 is 0 Å². The average molecular weight is 411 g/mol. The molecule has 1 aliphatic rings. The number of carbonyl (C=O) groups excluding carboxylic acids is 1. The van der Waals surface area contributed by atoms with E-state index in [4.69, 9.17) is 4.74 Å². The SMILES string of the molecule is COc1ccccc1CN1CCN(CC(=O)N(C)Cc2ccc(N(C)C)cc2)CC1. The summed E-state index contributed by atoms with van der Waals surface area (Å²) in [4.78, 5) is 21.3. The fourth-order valence-electron chi connectivity index (χ4n) is 3.75. The van der Waals surface area contributed by atoms with E-state index in [9.17, 15) is 4.79 Å². The van der Waals surface area contributed by atoms with Crippen LogP contribution in [0.15, 0.2) is 48.5 Å². The lowest BCUT2D eigenvalue weighted by Gasteiger charge is -2.35. The molecular weight excluding hydrogens is 376 g/mol. The minimum absolute atomic E-state index is 0.171. The highest BCUT2D eigenvalue weighted by Gasteiger charge is 2.21. The number of piperazine rings is 1. The van der Waals surface area contributed by atoms with Crippen LogP contribution in [0.2, 0.25) is 0 Å². The van der Waals surface area contributed by atoms with Crippen molar-refractivity contribution in [2.75, 3.05) is 65.9 Å². The number of benzene rings is 2.